The number of nitrogens with one attached hydrogen (secondary N) is 1. The van der Waals surface area contributed by atoms with Crippen molar-refractivity contribution >= 4 is 0 Å². The molecule has 0 aliphatic heterocycles. The zero-order chi connectivity index (χ0) is 9.14. The second kappa shape index (κ2) is 3.74. The Hall–Kier alpha value is -0.800. The minimum atomic E-state index is -0.441. The Balaban J connectivity index is 2.79. The van der Waals surface area contributed by atoms with Crippen LogP contribution in [-0.4, -0.2) is 16.6 Å². The molecular weight excluding hydrogens is 152 g/mol. The van der Waals surface area contributed by atoms with Gasteiger partial charge in [-0.2, -0.15) is 0 Å². The first kappa shape index (κ1) is 9.29. The number of aliphatic hydroxyl groups is 1. The molecule has 1 aromatic heterocycles. The summed E-state index contributed by atoms with van der Waals surface area (Å²) in [4.78, 5) is 3.12. The largest absolute Gasteiger partial charge is 0.387 e. The molecule has 1 unspecified atom stereocenters. The standard InChI is InChI=1S/C9H16N2O/c1-6-5-7(2)11-9(6)8(12)3-4-10/h5,8,11-12H,3-4,10H2,1-2H3. The number of hydrogen-bond acceptors (Lipinski definition) is 2. The average Bonchev–Trinajstić information content (AvgIpc) is 2.30. The second-order valence-corrected chi connectivity index (χ2v) is 3.14. The van der Waals surface area contributed by atoms with Crippen molar-refractivity contribution in [2.24, 2.45) is 5.73 Å². The van der Waals surface area contributed by atoms with E-state index in [0.717, 1.165) is 17.0 Å². The van der Waals surface area contributed by atoms with Gasteiger partial charge in [0.15, 0.2) is 0 Å². The van der Waals surface area contributed by atoms with Gasteiger partial charge in [-0.05, 0) is 38.4 Å². The van der Waals surface area contributed by atoms with E-state index >= 15 is 0 Å². The molecule has 0 bridgehead atoms. The van der Waals surface area contributed by atoms with Crippen molar-refractivity contribution in [3.05, 3.63) is 23.0 Å². The monoisotopic (exact) mass is 168 g/mol. The number of aliphatic hydroxyl groups excluding tert-OH is 1. The maximum atomic E-state index is 9.60. The fraction of sp³-hybridized carbons (Fsp3) is 0.556. The molecule has 1 atom stereocenters. The Bertz CT molecular complexity index is 255. The van der Waals surface area contributed by atoms with Crippen molar-refractivity contribution in [3.8, 4) is 0 Å². The van der Waals surface area contributed by atoms with Gasteiger partial charge in [0.1, 0.15) is 0 Å². The summed E-state index contributed by atoms with van der Waals surface area (Å²) < 4.78 is 0. The predicted molar refractivity (Wildman–Crippen MR) is 48.9 cm³/mol. The van der Waals surface area contributed by atoms with E-state index in [1.807, 2.05) is 19.9 Å². The highest BCUT2D eigenvalue weighted by Gasteiger charge is 2.10. The van der Waals surface area contributed by atoms with Crippen LogP contribution < -0.4 is 5.73 Å². The SMILES string of the molecule is Cc1cc(C)c(C(O)CCN)[nH]1. The van der Waals surface area contributed by atoms with Crippen molar-refractivity contribution in [1.29, 1.82) is 0 Å². The summed E-state index contributed by atoms with van der Waals surface area (Å²) >= 11 is 0. The number of aryl methyl sites for hydroxylation is 2. The molecule has 12 heavy (non-hydrogen) atoms. The van der Waals surface area contributed by atoms with Crippen molar-refractivity contribution in [3.63, 3.8) is 0 Å². The lowest BCUT2D eigenvalue weighted by Crippen LogP contribution is -2.07. The van der Waals surface area contributed by atoms with Crippen molar-refractivity contribution in [2.75, 3.05) is 6.54 Å². The van der Waals surface area contributed by atoms with E-state index in [-0.39, 0.29) is 0 Å². The molecule has 0 saturated carbocycles. The van der Waals surface area contributed by atoms with E-state index in [4.69, 9.17) is 5.73 Å². The molecule has 1 rings (SSSR count). The zero-order valence-electron chi connectivity index (χ0n) is 7.59. The highest BCUT2D eigenvalue weighted by molar-refractivity contribution is 5.25. The summed E-state index contributed by atoms with van der Waals surface area (Å²) in [5, 5.41) is 9.60. The van der Waals surface area contributed by atoms with Crippen LogP contribution in [-0.2, 0) is 0 Å². The summed E-state index contributed by atoms with van der Waals surface area (Å²) in [5.74, 6) is 0. The minimum Gasteiger partial charge on any atom is -0.387 e. The molecule has 1 aromatic rings. The first-order valence-electron chi connectivity index (χ1n) is 4.19. The number of nitrogens with two attached hydrogens (primary N) is 1. The molecule has 3 nitrogen and oxygen atoms in total. The maximum Gasteiger partial charge on any atom is 0.0952 e. The molecule has 0 spiro atoms. The first-order valence-corrected chi connectivity index (χ1v) is 4.19. The normalized spacial score (nSPS) is 13.3. The molecule has 0 radical (unpaired) electrons. The molecule has 0 saturated heterocycles. The Morgan fingerprint density at radius 3 is 2.67 bits per heavy atom. The van der Waals surface area contributed by atoms with Crippen LogP contribution in [0.4, 0.5) is 0 Å². The lowest BCUT2D eigenvalue weighted by atomic mass is 10.1. The van der Waals surface area contributed by atoms with Gasteiger partial charge >= 0.3 is 0 Å². The zero-order valence-corrected chi connectivity index (χ0v) is 7.59. The Morgan fingerprint density at radius 1 is 1.58 bits per heavy atom. The van der Waals surface area contributed by atoms with Crippen LogP contribution in [0.25, 0.3) is 0 Å². The first-order chi connectivity index (χ1) is 5.65. The smallest absolute Gasteiger partial charge is 0.0952 e. The van der Waals surface area contributed by atoms with Crippen LogP contribution in [0.15, 0.2) is 6.07 Å². The van der Waals surface area contributed by atoms with E-state index in [1.165, 1.54) is 0 Å². The summed E-state index contributed by atoms with van der Waals surface area (Å²) in [6, 6.07) is 2.02. The van der Waals surface area contributed by atoms with Crippen LogP contribution in [0.2, 0.25) is 0 Å². The minimum absolute atomic E-state index is 0.441. The summed E-state index contributed by atoms with van der Waals surface area (Å²) in [6.07, 6.45) is 0.171. The maximum absolute atomic E-state index is 9.60. The summed E-state index contributed by atoms with van der Waals surface area (Å²) in [5.41, 5.74) is 8.44. The molecular formula is C9H16N2O. The van der Waals surface area contributed by atoms with Gasteiger partial charge in [-0.1, -0.05) is 0 Å². The Morgan fingerprint density at radius 2 is 2.25 bits per heavy atom. The van der Waals surface area contributed by atoms with Gasteiger partial charge in [-0.15, -0.1) is 0 Å². The fourth-order valence-corrected chi connectivity index (χ4v) is 1.40. The van der Waals surface area contributed by atoms with Gasteiger partial charge in [-0.3, -0.25) is 0 Å². The molecule has 0 fully saturated rings. The highest BCUT2D eigenvalue weighted by atomic mass is 16.3. The topological polar surface area (TPSA) is 62.0 Å². The van der Waals surface area contributed by atoms with E-state index in [2.05, 4.69) is 4.98 Å². The Labute approximate surface area is 72.6 Å². The van der Waals surface area contributed by atoms with Crippen LogP contribution in [0.1, 0.15) is 29.5 Å². The molecule has 68 valence electrons. The third-order valence-corrected chi connectivity index (χ3v) is 1.96. The third kappa shape index (κ3) is 1.87. The van der Waals surface area contributed by atoms with Crippen LogP contribution in [0, 0.1) is 13.8 Å². The van der Waals surface area contributed by atoms with Gasteiger partial charge in [0.05, 0.1) is 6.10 Å². The summed E-state index contributed by atoms with van der Waals surface area (Å²) in [6.45, 7) is 4.48. The van der Waals surface area contributed by atoms with Gasteiger partial charge < -0.3 is 15.8 Å². The van der Waals surface area contributed by atoms with Gasteiger partial charge in [0, 0.05) is 11.4 Å². The molecule has 0 aliphatic carbocycles. The second-order valence-electron chi connectivity index (χ2n) is 3.14. The molecule has 4 N–H and O–H groups in total. The van der Waals surface area contributed by atoms with E-state index in [0.29, 0.717) is 13.0 Å². The number of hydrogen-bond donors (Lipinski definition) is 3. The van der Waals surface area contributed by atoms with Crippen molar-refractivity contribution in [1.82, 2.24) is 4.98 Å². The predicted octanol–water partition coefficient (Wildman–Crippen LogP) is 1.01. The highest BCUT2D eigenvalue weighted by Crippen LogP contribution is 2.19. The number of aromatic nitrogens is 1. The molecule has 0 aromatic carbocycles. The van der Waals surface area contributed by atoms with E-state index in [9.17, 15) is 5.11 Å². The number of H-pyrrole nitrogens is 1. The van der Waals surface area contributed by atoms with E-state index < -0.39 is 6.10 Å². The van der Waals surface area contributed by atoms with Crippen LogP contribution >= 0.6 is 0 Å². The van der Waals surface area contributed by atoms with Crippen LogP contribution in [0.3, 0.4) is 0 Å². The third-order valence-electron chi connectivity index (χ3n) is 1.96. The number of aromatic amines is 1. The molecule has 1 heterocycles. The lowest BCUT2D eigenvalue weighted by molar-refractivity contribution is 0.165. The molecule has 0 aliphatic rings. The summed E-state index contributed by atoms with van der Waals surface area (Å²) in [7, 11) is 0. The molecule has 3 heteroatoms. The van der Waals surface area contributed by atoms with Gasteiger partial charge in [0.2, 0.25) is 0 Å². The van der Waals surface area contributed by atoms with E-state index in [1.54, 1.807) is 0 Å². The van der Waals surface area contributed by atoms with Crippen molar-refractivity contribution < 1.29 is 5.11 Å². The lowest BCUT2D eigenvalue weighted by Gasteiger charge is -2.07. The number of rotatable bonds is 3. The van der Waals surface area contributed by atoms with Gasteiger partial charge in [0.25, 0.3) is 0 Å². The van der Waals surface area contributed by atoms with Gasteiger partial charge in [-0.25, -0.2) is 0 Å². The average molecular weight is 168 g/mol. The fourth-order valence-electron chi connectivity index (χ4n) is 1.40. The molecule has 0 amide bonds. The van der Waals surface area contributed by atoms with Crippen LogP contribution in [0.5, 0.6) is 0 Å². The van der Waals surface area contributed by atoms with Crippen molar-refractivity contribution in [2.45, 2.75) is 26.4 Å². The quantitative estimate of drug-likeness (QED) is 0.631. The Kier molecular flexibility index (Phi) is 2.89.